The van der Waals surface area contributed by atoms with Crippen LogP contribution in [0.4, 0.5) is 0 Å². The van der Waals surface area contributed by atoms with Gasteiger partial charge in [-0.25, -0.2) is 0 Å². The molecule has 115 heavy (non-hydrogen) atoms. The van der Waals surface area contributed by atoms with Gasteiger partial charge in [-0.15, -0.1) is 0 Å². The third kappa shape index (κ3) is 29.9. The third-order valence-corrected chi connectivity index (χ3v) is 33.5. The molecule has 0 aromatic carbocycles. The quantitative estimate of drug-likeness (QED) is 0.0578. The predicted octanol–water partition coefficient (Wildman–Crippen LogP) is 25.6. The molecule has 0 aromatic rings. The summed E-state index contributed by atoms with van der Waals surface area (Å²) in [5.41, 5.74) is -2.37. The van der Waals surface area contributed by atoms with Gasteiger partial charge in [0.15, 0.2) is 0 Å². The molecule has 0 spiro atoms. The summed E-state index contributed by atoms with van der Waals surface area (Å²) >= 11 is 0. The number of allylic oxidation sites excluding steroid dienone is 4. The number of carbonyl (C=O) groups excluding carboxylic acids is 6. The number of aliphatic hydroxyl groups is 4. The molecule has 27 atom stereocenters. The van der Waals surface area contributed by atoms with E-state index >= 15 is 0 Å². The fourth-order valence-corrected chi connectivity index (χ4v) is 25.1. The Balaban J connectivity index is 0.000000191. The minimum Gasteiger partial charge on any atom is -0.390 e. The molecular formula is C105H180O10. The molecule has 6 unspecified atom stereocenters. The largest absolute Gasteiger partial charge is 0.390 e. The van der Waals surface area contributed by atoms with Crippen molar-refractivity contribution in [2.75, 3.05) is 0 Å². The lowest BCUT2D eigenvalue weighted by Gasteiger charge is -2.32. The molecule has 0 heterocycles. The molecule has 0 aliphatic heterocycles. The third-order valence-electron chi connectivity index (χ3n) is 33.5. The first-order chi connectivity index (χ1) is 54.0. The summed E-state index contributed by atoms with van der Waals surface area (Å²) in [6.45, 7) is 44.7. The standard InChI is InChI=1S/2C18H30O2.C18H30O.2C17H30O2.C17H30O/c2*1-12(8-9-13(2)18(3,4)20)14-10-11-16-15(14)6-5-7-17(16)19;1-12(2)13(3)8-9-14(4)15-10-11-17-16(15)6-5-7-18(17)19;2*1-12(6-5-11-17(2,3)19)13-9-10-15-14(13)7-4-8-16(15)18;1-12(2)6-4-7-13(3)14-10-11-16-15(14)8-5-9-17(16)18/h2*8-9,12-16,20H,5-7,10-11H2,1-4H3;8-9,12-17H,5-7,10-11H2,1-4H3;2*12-15,19H,4-11H2,1-3H3;12-16H,4-11H2,1-3H3/b3*9-8+;;;/t2*12-,13+,14?,15-,16-;13-,14+,15?,16+,17+;12-,13?,14+,15+;12-,13?,14-,15-;13-,14?,15-,16-/m110011/s1. The Morgan fingerprint density at radius 1 is 0.287 bits per heavy atom. The van der Waals surface area contributed by atoms with Gasteiger partial charge < -0.3 is 20.4 Å². The average molecular weight is 1600 g/mol. The van der Waals surface area contributed by atoms with Gasteiger partial charge in [0, 0.05) is 85.9 Å². The van der Waals surface area contributed by atoms with E-state index in [0.29, 0.717) is 147 Å². The van der Waals surface area contributed by atoms with Crippen molar-refractivity contribution in [3.63, 3.8) is 0 Å². The Labute approximate surface area is 706 Å². The van der Waals surface area contributed by atoms with Crippen LogP contribution >= 0.6 is 0 Å². The topological polar surface area (TPSA) is 183 Å². The predicted molar refractivity (Wildman–Crippen MR) is 478 cm³/mol. The Morgan fingerprint density at radius 3 is 0.739 bits per heavy atom. The van der Waals surface area contributed by atoms with E-state index in [2.05, 4.69) is 126 Å². The van der Waals surface area contributed by atoms with Crippen LogP contribution < -0.4 is 0 Å². The van der Waals surface area contributed by atoms with Crippen molar-refractivity contribution in [3.05, 3.63) is 36.5 Å². The molecular weight excluding hydrogens is 1420 g/mol. The maximum atomic E-state index is 12.0. The summed E-state index contributed by atoms with van der Waals surface area (Å²) in [4.78, 5) is 71.8. The van der Waals surface area contributed by atoms with Crippen LogP contribution in [0.5, 0.6) is 0 Å². The van der Waals surface area contributed by atoms with Crippen molar-refractivity contribution >= 4 is 34.7 Å². The molecule has 12 aliphatic rings. The maximum Gasteiger partial charge on any atom is 0.136 e. The van der Waals surface area contributed by atoms with Gasteiger partial charge in [0.25, 0.3) is 0 Å². The normalized spacial score (nSPS) is 33.9. The molecule has 4 N–H and O–H groups in total. The number of fused-ring (bicyclic) bond motifs is 6. The van der Waals surface area contributed by atoms with Crippen LogP contribution in [0, 0.1) is 172 Å². The molecule has 0 bridgehead atoms. The van der Waals surface area contributed by atoms with Gasteiger partial charge in [-0.1, -0.05) is 171 Å². The summed E-state index contributed by atoms with van der Waals surface area (Å²) in [7, 11) is 0. The lowest BCUT2D eigenvalue weighted by Crippen LogP contribution is -2.29. The van der Waals surface area contributed by atoms with Crippen molar-refractivity contribution in [1.29, 1.82) is 0 Å². The van der Waals surface area contributed by atoms with Crippen LogP contribution in [0.25, 0.3) is 0 Å². The average Bonchev–Trinajstić information content (AvgIpc) is 1.64. The Bertz CT molecular complexity index is 2910. The highest BCUT2D eigenvalue weighted by Gasteiger charge is 2.49. The molecule has 12 aliphatic carbocycles. The second-order valence-electron chi connectivity index (χ2n) is 44.6. The number of ketones is 6. The van der Waals surface area contributed by atoms with E-state index in [1.165, 1.54) is 116 Å². The van der Waals surface area contributed by atoms with Crippen molar-refractivity contribution in [2.45, 2.75) is 418 Å². The molecule has 10 heteroatoms. The zero-order valence-corrected chi connectivity index (χ0v) is 78.0. The van der Waals surface area contributed by atoms with E-state index in [4.69, 9.17) is 0 Å². The Hall–Kier alpha value is -2.92. The van der Waals surface area contributed by atoms with E-state index < -0.39 is 22.4 Å². The molecule has 0 saturated heterocycles. The summed E-state index contributed by atoms with van der Waals surface area (Å²) < 4.78 is 0. The van der Waals surface area contributed by atoms with Crippen LogP contribution in [0.15, 0.2) is 36.5 Å². The van der Waals surface area contributed by atoms with Crippen molar-refractivity contribution in [2.24, 2.45) is 172 Å². The van der Waals surface area contributed by atoms with Gasteiger partial charge in [0.1, 0.15) is 34.7 Å². The van der Waals surface area contributed by atoms with Gasteiger partial charge in [-0.2, -0.15) is 0 Å². The lowest BCUT2D eigenvalue weighted by atomic mass is 9.73. The number of hydrogen-bond acceptors (Lipinski definition) is 10. The maximum absolute atomic E-state index is 12.0. The monoisotopic (exact) mass is 1600 g/mol. The molecule has 12 rings (SSSR count). The summed E-state index contributed by atoms with van der Waals surface area (Å²) in [5, 5.41) is 39.5. The van der Waals surface area contributed by atoms with Crippen LogP contribution in [-0.4, -0.2) is 77.5 Å². The van der Waals surface area contributed by atoms with E-state index in [-0.39, 0.29) is 11.8 Å². The summed E-state index contributed by atoms with van der Waals surface area (Å²) in [5.74, 6) is 20.6. The fourth-order valence-electron chi connectivity index (χ4n) is 25.1. The van der Waals surface area contributed by atoms with Gasteiger partial charge in [0.05, 0.1) is 22.4 Å². The van der Waals surface area contributed by atoms with Crippen molar-refractivity contribution in [3.8, 4) is 0 Å². The fraction of sp³-hybridized carbons (Fsp3) is 0.886. The SMILES string of the molecule is CC(C)CCC[C@@H](C)C1CC[C@H]2C(=O)CCC[C@H]12.CC(C)[C@@H](C)/C=C/[C@@H](C)C1CC[C@H]2C(=O)CCC[C@H]12.C[C@@H](CCCC(C)(C)O)C1CC[C@H]2C(=O)CCC[C@H]12.C[C@H](/C=C/[C@H](C)C(C)(C)O)C1CC[C@H]2C(=O)CCC[C@H]12.C[C@H](/C=C/[C@H](C)C(C)(C)O)C1CC[C@H]2C(=O)CCC[C@H]12.C[C@H](CCCC(C)(C)O)C1CC[C@H]2C(=O)CCC[C@H]12. The van der Waals surface area contributed by atoms with Crippen LogP contribution in [0.2, 0.25) is 0 Å². The lowest BCUT2D eigenvalue weighted by molar-refractivity contribution is -0.127. The van der Waals surface area contributed by atoms with Crippen LogP contribution in [0.3, 0.4) is 0 Å². The second-order valence-corrected chi connectivity index (χ2v) is 44.6. The highest BCUT2D eigenvalue weighted by molar-refractivity contribution is 5.85. The van der Waals surface area contributed by atoms with Gasteiger partial charge in [-0.3, -0.25) is 28.8 Å². The zero-order chi connectivity index (χ0) is 85.0. The van der Waals surface area contributed by atoms with Crippen molar-refractivity contribution < 1.29 is 49.2 Å². The van der Waals surface area contributed by atoms with Gasteiger partial charge in [0.2, 0.25) is 0 Å². The highest BCUT2D eigenvalue weighted by Crippen LogP contribution is 2.54. The molecule has 660 valence electrons. The zero-order valence-electron chi connectivity index (χ0n) is 78.0. The van der Waals surface area contributed by atoms with Gasteiger partial charge in [-0.05, 0) is 347 Å². The summed E-state index contributed by atoms with van der Waals surface area (Å²) in [6, 6.07) is 0. The smallest absolute Gasteiger partial charge is 0.136 e. The van der Waals surface area contributed by atoms with Crippen molar-refractivity contribution in [1.82, 2.24) is 0 Å². The number of Topliss-reactive ketones (excluding diaryl/α,β-unsaturated/α-hetero) is 6. The summed E-state index contributed by atoms with van der Waals surface area (Å²) in [6.07, 6.45) is 57.9. The molecule has 12 saturated carbocycles. The molecule has 0 aromatic heterocycles. The molecule has 10 nitrogen and oxygen atoms in total. The number of rotatable bonds is 27. The first kappa shape index (κ1) is 99.2. The molecule has 0 amide bonds. The van der Waals surface area contributed by atoms with E-state index in [1.807, 2.05) is 55.4 Å². The first-order valence-corrected chi connectivity index (χ1v) is 49.1. The molecule has 12 fully saturated rings. The van der Waals surface area contributed by atoms with E-state index in [9.17, 15) is 49.2 Å². The minimum atomic E-state index is -0.658. The van der Waals surface area contributed by atoms with Crippen LogP contribution in [-0.2, 0) is 28.8 Å². The Morgan fingerprint density at radius 2 is 0.513 bits per heavy atom. The minimum absolute atomic E-state index is 0.162. The molecule has 0 radical (unpaired) electrons. The Kier molecular flexibility index (Phi) is 39.7. The van der Waals surface area contributed by atoms with E-state index in [1.54, 1.807) is 0 Å². The number of carbonyl (C=O) groups is 6. The van der Waals surface area contributed by atoms with Gasteiger partial charge >= 0.3 is 0 Å². The second kappa shape index (κ2) is 46.0. The first-order valence-electron chi connectivity index (χ1n) is 49.1. The number of hydrogen-bond donors (Lipinski definition) is 4. The highest BCUT2D eigenvalue weighted by atomic mass is 16.3. The van der Waals surface area contributed by atoms with E-state index in [0.717, 1.165) is 182 Å². The van der Waals surface area contributed by atoms with Crippen LogP contribution in [0.1, 0.15) is 396 Å².